The monoisotopic (exact) mass is 840 g/mol. The Morgan fingerprint density at radius 3 is 2.26 bits per heavy atom. The van der Waals surface area contributed by atoms with Gasteiger partial charge in [-0.1, -0.05) is 76.4 Å². The van der Waals surface area contributed by atoms with Gasteiger partial charge in [0.25, 0.3) is 0 Å². The molecule has 1 unspecified atom stereocenters. The van der Waals surface area contributed by atoms with E-state index in [9.17, 15) is 24.6 Å². The average Bonchev–Trinajstić information content (AvgIpc) is 3.65. The number of allylic oxidation sites excluding steroid dienone is 1. The standard InChI is InChI=1S/C48H70Cl2N2O6/c1-29(2)39-34(53)24-47(36(54)27-52(22-21-51(9)10)26-30-11-12-31(49)23-33(30)50)19-17-43(5)32(40(39)47)13-14-35-44(43,6)18-20-48-28-46(48,8)37(15-16-45(35,48)7)58-38(55)25-42(3,4)41(56)57/h11-12,23,29,32,35-37,54H,13-22,24-28H2,1-10H3,(H,56,57)/t32-,35+,36-,37+,43-,44-,45-,46?,47+,48+/m1/s1. The zero-order valence-corrected chi connectivity index (χ0v) is 38.4. The van der Waals surface area contributed by atoms with Crippen LogP contribution in [0.3, 0.4) is 0 Å². The predicted molar refractivity (Wildman–Crippen MR) is 230 cm³/mol. The molecule has 2 N–H and O–H groups in total. The highest BCUT2D eigenvalue weighted by molar-refractivity contribution is 6.35. The normalized spacial score (nSPS) is 38.6. The first-order valence-corrected chi connectivity index (χ1v) is 22.9. The molecule has 6 aliphatic carbocycles. The quantitative estimate of drug-likeness (QED) is 0.189. The molecule has 58 heavy (non-hydrogen) atoms. The largest absolute Gasteiger partial charge is 0.481 e. The third-order valence-electron chi connectivity index (χ3n) is 18.2. The molecule has 10 heteroatoms. The van der Waals surface area contributed by atoms with Crippen molar-refractivity contribution in [3.8, 4) is 0 Å². The lowest BCUT2D eigenvalue weighted by molar-refractivity contribution is -0.221. The summed E-state index contributed by atoms with van der Waals surface area (Å²) in [7, 11) is 4.13. The number of hydrogen-bond acceptors (Lipinski definition) is 7. The zero-order valence-electron chi connectivity index (χ0n) is 36.9. The lowest BCUT2D eigenvalue weighted by Crippen LogP contribution is -2.65. The van der Waals surface area contributed by atoms with Gasteiger partial charge in [-0.05, 0) is 148 Å². The number of carbonyl (C=O) groups excluding carboxylic acids is 2. The van der Waals surface area contributed by atoms with E-state index in [0.29, 0.717) is 35.5 Å². The molecule has 5 saturated carbocycles. The van der Waals surface area contributed by atoms with Gasteiger partial charge in [0.15, 0.2) is 5.78 Å². The molecule has 1 aromatic carbocycles. The SMILES string of the molecule is CC(C)C1=C2[C@H]3CC[C@@H]4[C@@]5(C)CC[C@H](OC(=O)CC(C)(C)C(=O)O)C6(C)C[C@]65CC[C@@]4(C)[C@]3(C)CC[C@@]2([C@H](O)CN(CCN(C)C)Cc2ccc(Cl)cc2Cl)CC1=O. The van der Waals surface area contributed by atoms with Crippen LogP contribution in [0.5, 0.6) is 0 Å². The van der Waals surface area contributed by atoms with E-state index in [1.807, 2.05) is 12.1 Å². The van der Waals surface area contributed by atoms with E-state index >= 15 is 0 Å². The Bertz CT molecular complexity index is 1880. The van der Waals surface area contributed by atoms with Crippen LogP contribution in [0.15, 0.2) is 29.3 Å². The zero-order chi connectivity index (χ0) is 42.6. The van der Waals surface area contributed by atoms with Crippen LogP contribution in [0.25, 0.3) is 0 Å². The second-order valence-corrected chi connectivity index (χ2v) is 22.9. The molecule has 6 aliphatic rings. The van der Waals surface area contributed by atoms with E-state index in [2.05, 4.69) is 65.4 Å². The smallest absolute Gasteiger partial charge is 0.309 e. The van der Waals surface area contributed by atoms with E-state index < -0.39 is 28.9 Å². The number of ketones is 1. The van der Waals surface area contributed by atoms with Crippen LogP contribution < -0.4 is 0 Å². The highest BCUT2D eigenvalue weighted by Gasteiger charge is 2.82. The lowest BCUT2D eigenvalue weighted by atomic mass is 9.33. The van der Waals surface area contributed by atoms with E-state index in [1.165, 1.54) is 5.57 Å². The molecule has 0 heterocycles. The molecular formula is C48H70Cl2N2O6. The van der Waals surface area contributed by atoms with Gasteiger partial charge in [0.05, 0.1) is 17.9 Å². The fourth-order valence-electron chi connectivity index (χ4n) is 14.6. The Kier molecular flexibility index (Phi) is 11.3. The van der Waals surface area contributed by atoms with Crippen molar-refractivity contribution >= 4 is 40.9 Å². The number of nitrogens with zero attached hydrogens (tertiary/aromatic N) is 2. The van der Waals surface area contributed by atoms with Gasteiger partial charge in [-0.15, -0.1) is 0 Å². The van der Waals surface area contributed by atoms with Crippen LogP contribution in [0.1, 0.15) is 132 Å². The topological polar surface area (TPSA) is 107 Å². The number of benzene rings is 1. The summed E-state index contributed by atoms with van der Waals surface area (Å²) in [6.45, 7) is 20.2. The molecule has 0 aromatic heterocycles. The Morgan fingerprint density at radius 1 is 0.931 bits per heavy atom. The molecule has 5 fully saturated rings. The van der Waals surface area contributed by atoms with Crippen molar-refractivity contribution in [2.24, 2.45) is 55.7 Å². The average molecular weight is 842 g/mol. The molecule has 0 bridgehead atoms. The number of aliphatic hydroxyl groups excluding tert-OH is 1. The molecule has 0 radical (unpaired) electrons. The van der Waals surface area contributed by atoms with Gasteiger partial charge in [-0.25, -0.2) is 0 Å². The number of ether oxygens (including phenoxy) is 1. The Morgan fingerprint density at radius 2 is 1.62 bits per heavy atom. The van der Waals surface area contributed by atoms with Crippen molar-refractivity contribution in [2.75, 3.05) is 33.7 Å². The van der Waals surface area contributed by atoms with Crippen molar-refractivity contribution in [1.82, 2.24) is 9.80 Å². The second-order valence-electron chi connectivity index (χ2n) is 22.0. The van der Waals surface area contributed by atoms with Crippen LogP contribution in [0.2, 0.25) is 10.0 Å². The van der Waals surface area contributed by atoms with Gasteiger partial charge < -0.3 is 19.8 Å². The number of aliphatic hydroxyl groups is 1. The summed E-state index contributed by atoms with van der Waals surface area (Å²) in [5, 5.41) is 23.6. The molecule has 0 amide bonds. The Labute approximate surface area is 357 Å². The number of fused-ring (bicyclic) bond motifs is 6. The summed E-state index contributed by atoms with van der Waals surface area (Å²) in [5.41, 5.74) is 1.54. The van der Waals surface area contributed by atoms with Crippen molar-refractivity contribution in [3.05, 3.63) is 45.0 Å². The van der Waals surface area contributed by atoms with Crippen LogP contribution in [-0.2, 0) is 25.7 Å². The molecule has 7 rings (SSSR count). The fraction of sp³-hybridized carbons (Fsp3) is 0.771. The van der Waals surface area contributed by atoms with Gasteiger partial charge in [-0.3, -0.25) is 19.3 Å². The number of carboxylic acid groups (broad SMARTS) is 1. The molecule has 1 spiro atoms. The van der Waals surface area contributed by atoms with Gasteiger partial charge in [0.1, 0.15) is 6.10 Å². The maximum atomic E-state index is 14.4. The fourth-order valence-corrected chi connectivity index (χ4v) is 15.1. The van der Waals surface area contributed by atoms with E-state index in [-0.39, 0.29) is 57.2 Å². The van der Waals surface area contributed by atoms with E-state index in [1.54, 1.807) is 19.9 Å². The summed E-state index contributed by atoms with van der Waals surface area (Å²) >= 11 is 13.0. The number of carbonyl (C=O) groups is 3. The van der Waals surface area contributed by atoms with Crippen LogP contribution >= 0.6 is 23.2 Å². The summed E-state index contributed by atoms with van der Waals surface area (Å²) in [5.74, 6) is -0.368. The van der Waals surface area contributed by atoms with Gasteiger partial charge >= 0.3 is 11.9 Å². The predicted octanol–water partition coefficient (Wildman–Crippen LogP) is 9.87. The summed E-state index contributed by atoms with van der Waals surface area (Å²) < 4.78 is 6.23. The summed E-state index contributed by atoms with van der Waals surface area (Å²) in [6.07, 6.45) is 8.25. The summed E-state index contributed by atoms with van der Waals surface area (Å²) in [6, 6.07) is 5.63. The molecular weight excluding hydrogens is 771 g/mol. The minimum absolute atomic E-state index is 0.0371. The van der Waals surface area contributed by atoms with Crippen molar-refractivity contribution in [3.63, 3.8) is 0 Å². The first kappa shape index (κ1) is 44.1. The van der Waals surface area contributed by atoms with Gasteiger partial charge in [0, 0.05) is 53.5 Å². The first-order valence-electron chi connectivity index (χ1n) is 22.1. The number of esters is 1. The first-order chi connectivity index (χ1) is 26.9. The number of halogens is 2. The minimum Gasteiger partial charge on any atom is -0.481 e. The Hall–Kier alpha value is -1.97. The molecule has 322 valence electrons. The highest BCUT2D eigenvalue weighted by atomic mass is 35.5. The third kappa shape index (κ3) is 6.57. The van der Waals surface area contributed by atoms with Crippen molar-refractivity contribution in [2.45, 2.75) is 145 Å². The maximum absolute atomic E-state index is 14.4. The van der Waals surface area contributed by atoms with E-state index in [0.717, 1.165) is 82.0 Å². The number of aliphatic carboxylic acids is 1. The molecule has 8 nitrogen and oxygen atoms in total. The molecule has 0 aliphatic heterocycles. The minimum atomic E-state index is -1.16. The van der Waals surface area contributed by atoms with Crippen LogP contribution in [0, 0.1) is 55.7 Å². The molecule has 1 aromatic rings. The molecule has 10 atom stereocenters. The van der Waals surface area contributed by atoms with Crippen molar-refractivity contribution in [1.29, 1.82) is 0 Å². The van der Waals surface area contributed by atoms with Crippen LogP contribution in [-0.4, -0.2) is 83.7 Å². The third-order valence-corrected chi connectivity index (χ3v) is 18.8. The maximum Gasteiger partial charge on any atom is 0.309 e. The number of hydrogen-bond donors (Lipinski definition) is 2. The highest BCUT2D eigenvalue weighted by Crippen LogP contribution is 2.87. The number of likely N-dealkylation sites (N-methyl/N-ethyl adjacent to an activating group) is 1. The van der Waals surface area contributed by atoms with Crippen molar-refractivity contribution < 1.29 is 29.3 Å². The van der Waals surface area contributed by atoms with Gasteiger partial charge in [0.2, 0.25) is 0 Å². The van der Waals surface area contributed by atoms with Crippen LogP contribution in [0.4, 0.5) is 0 Å². The van der Waals surface area contributed by atoms with Gasteiger partial charge in [-0.2, -0.15) is 0 Å². The van der Waals surface area contributed by atoms with E-state index in [4.69, 9.17) is 27.9 Å². The number of carboxylic acids is 1. The number of Topliss-reactive ketones (excluding diaryl/α,β-unsaturated/α-hetero) is 1. The number of rotatable bonds is 13. The second kappa shape index (κ2) is 14.8. The molecule has 0 saturated heterocycles. The lowest BCUT2D eigenvalue weighted by Gasteiger charge is -2.71. The Balaban J connectivity index is 1.17. The summed E-state index contributed by atoms with van der Waals surface area (Å²) in [4.78, 5) is 43.8.